The average Bonchev–Trinajstić information content (AvgIpc) is 2.45. The number of halogens is 1. The topological polar surface area (TPSA) is 66.4 Å². The lowest BCUT2D eigenvalue weighted by Crippen LogP contribution is -2.29. The molecule has 0 aliphatic carbocycles. The Morgan fingerprint density at radius 1 is 1.10 bits per heavy atom. The van der Waals surface area contributed by atoms with E-state index in [1.807, 2.05) is 0 Å². The van der Waals surface area contributed by atoms with Crippen molar-refractivity contribution in [1.82, 2.24) is 4.72 Å². The first-order valence-electron chi connectivity index (χ1n) is 6.41. The van der Waals surface area contributed by atoms with Crippen LogP contribution in [-0.2, 0) is 15.8 Å². The molecule has 0 aliphatic rings. The van der Waals surface area contributed by atoms with Crippen LogP contribution in [0.2, 0.25) is 0 Å². The van der Waals surface area contributed by atoms with Crippen LogP contribution >= 0.6 is 0 Å². The van der Waals surface area contributed by atoms with E-state index in [4.69, 9.17) is 0 Å². The van der Waals surface area contributed by atoms with E-state index in [1.165, 1.54) is 18.2 Å². The molecule has 0 aliphatic heterocycles. The van der Waals surface area contributed by atoms with Crippen molar-refractivity contribution < 1.29 is 17.9 Å². The highest BCUT2D eigenvalue weighted by Gasteiger charge is 2.15. The SMILES string of the molecule is O=S(=O)(Cc1ccccc1)NCC(O)c1cccc(F)c1. The second kappa shape index (κ2) is 6.80. The van der Waals surface area contributed by atoms with Gasteiger partial charge in [0.25, 0.3) is 0 Å². The minimum atomic E-state index is -3.55. The zero-order valence-corrected chi connectivity index (χ0v) is 12.1. The monoisotopic (exact) mass is 309 g/mol. The summed E-state index contributed by atoms with van der Waals surface area (Å²) in [7, 11) is -3.55. The molecule has 1 atom stereocenters. The molecule has 2 N–H and O–H groups in total. The summed E-state index contributed by atoms with van der Waals surface area (Å²) < 4.78 is 39.2. The van der Waals surface area contributed by atoms with Gasteiger partial charge in [0.2, 0.25) is 10.0 Å². The van der Waals surface area contributed by atoms with Crippen LogP contribution in [0, 0.1) is 5.82 Å². The Labute approximate surface area is 123 Å². The molecular formula is C15H16FNO3S. The second-order valence-electron chi connectivity index (χ2n) is 4.66. The molecule has 0 spiro atoms. The number of hydrogen-bond acceptors (Lipinski definition) is 3. The summed E-state index contributed by atoms with van der Waals surface area (Å²) in [6.07, 6.45) is -1.09. The minimum absolute atomic E-state index is 0.163. The first-order valence-corrected chi connectivity index (χ1v) is 8.06. The predicted molar refractivity (Wildman–Crippen MR) is 78.4 cm³/mol. The van der Waals surface area contributed by atoms with Crippen molar-refractivity contribution in [2.75, 3.05) is 6.54 Å². The van der Waals surface area contributed by atoms with Gasteiger partial charge in [-0.25, -0.2) is 17.5 Å². The van der Waals surface area contributed by atoms with Gasteiger partial charge >= 0.3 is 0 Å². The van der Waals surface area contributed by atoms with Crippen LogP contribution in [0.3, 0.4) is 0 Å². The molecule has 6 heteroatoms. The zero-order chi connectivity index (χ0) is 15.3. The van der Waals surface area contributed by atoms with Crippen LogP contribution in [0.4, 0.5) is 4.39 Å². The molecule has 1 unspecified atom stereocenters. The molecule has 4 nitrogen and oxygen atoms in total. The minimum Gasteiger partial charge on any atom is -0.387 e. The molecule has 0 saturated heterocycles. The first kappa shape index (κ1) is 15.6. The van der Waals surface area contributed by atoms with E-state index < -0.39 is 21.9 Å². The highest BCUT2D eigenvalue weighted by molar-refractivity contribution is 7.88. The number of nitrogens with one attached hydrogen (secondary N) is 1. The second-order valence-corrected chi connectivity index (χ2v) is 6.47. The molecule has 2 aromatic carbocycles. The van der Waals surface area contributed by atoms with E-state index in [1.54, 1.807) is 36.4 Å². The van der Waals surface area contributed by atoms with Gasteiger partial charge < -0.3 is 5.11 Å². The van der Waals surface area contributed by atoms with Gasteiger partial charge in [0.15, 0.2) is 0 Å². The maximum Gasteiger partial charge on any atom is 0.215 e. The van der Waals surface area contributed by atoms with Crippen molar-refractivity contribution in [3.8, 4) is 0 Å². The molecule has 0 fully saturated rings. The number of hydrogen-bond donors (Lipinski definition) is 2. The van der Waals surface area contributed by atoms with Crippen LogP contribution in [0.15, 0.2) is 54.6 Å². The van der Waals surface area contributed by atoms with Gasteiger partial charge in [0.1, 0.15) is 5.82 Å². The van der Waals surface area contributed by atoms with Gasteiger partial charge in [-0.2, -0.15) is 0 Å². The van der Waals surface area contributed by atoms with Crippen molar-refractivity contribution >= 4 is 10.0 Å². The fourth-order valence-electron chi connectivity index (χ4n) is 1.88. The smallest absolute Gasteiger partial charge is 0.215 e. The van der Waals surface area contributed by atoms with Crippen molar-refractivity contribution in [3.05, 3.63) is 71.5 Å². The molecule has 0 aromatic heterocycles. The molecule has 112 valence electrons. The Balaban J connectivity index is 1.95. The van der Waals surface area contributed by atoms with Crippen LogP contribution in [0.1, 0.15) is 17.2 Å². The lowest BCUT2D eigenvalue weighted by atomic mass is 10.1. The molecule has 0 amide bonds. The van der Waals surface area contributed by atoms with E-state index in [2.05, 4.69) is 4.72 Å². The first-order chi connectivity index (χ1) is 9.96. The summed E-state index contributed by atoms with van der Waals surface area (Å²) in [6, 6.07) is 14.2. The summed E-state index contributed by atoms with van der Waals surface area (Å²) in [6.45, 7) is -0.196. The lowest BCUT2D eigenvalue weighted by Gasteiger charge is -2.12. The quantitative estimate of drug-likeness (QED) is 0.857. The van der Waals surface area contributed by atoms with Gasteiger partial charge in [-0.1, -0.05) is 42.5 Å². The van der Waals surface area contributed by atoms with Gasteiger partial charge in [0, 0.05) is 6.54 Å². The van der Waals surface area contributed by atoms with Gasteiger partial charge in [-0.15, -0.1) is 0 Å². The van der Waals surface area contributed by atoms with Crippen molar-refractivity contribution in [1.29, 1.82) is 0 Å². The summed E-state index contributed by atoms with van der Waals surface area (Å²) >= 11 is 0. The van der Waals surface area contributed by atoms with Crippen LogP contribution in [0.25, 0.3) is 0 Å². The molecule has 0 saturated carbocycles. The van der Waals surface area contributed by atoms with E-state index >= 15 is 0 Å². The molecule has 2 aromatic rings. The fourth-order valence-corrected chi connectivity index (χ4v) is 3.03. The highest BCUT2D eigenvalue weighted by Crippen LogP contribution is 2.14. The Morgan fingerprint density at radius 3 is 2.48 bits per heavy atom. The summed E-state index contributed by atoms with van der Waals surface area (Å²) in [5.74, 6) is -0.636. The summed E-state index contributed by atoms with van der Waals surface area (Å²) in [5.41, 5.74) is 0.989. The maximum absolute atomic E-state index is 13.0. The Morgan fingerprint density at radius 2 is 1.81 bits per heavy atom. The molecule has 2 rings (SSSR count). The van der Waals surface area contributed by atoms with Crippen LogP contribution < -0.4 is 4.72 Å². The van der Waals surface area contributed by atoms with Crippen molar-refractivity contribution in [3.63, 3.8) is 0 Å². The Hall–Kier alpha value is -1.76. The van der Waals surface area contributed by atoms with Crippen LogP contribution in [0.5, 0.6) is 0 Å². The van der Waals surface area contributed by atoms with Crippen LogP contribution in [-0.4, -0.2) is 20.1 Å². The number of benzene rings is 2. The van der Waals surface area contributed by atoms with Crippen molar-refractivity contribution in [2.45, 2.75) is 11.9 Å². The van der Waals surface area contributed by atoms with E-state index in [0.717, 1.165) is 0 Å². The molecular weight excluding hydrogens is 293 g/mol. The third-order valence-electron chi connectivity index (χ3n) is 2.93. The Bertz CT molecular complexity index is 689. The largest absolute Gasteiger partial charge is 0.387 e. The third-order valence-corrected chi connectivity index (χ3v) is 4.25. The van der Waals surface area contributed by atoms with Gasteiger partial charge in [0.05, 0.1) is 11.9 Å². The highest BCUT2D eigenvalue weighted by atomic mass is 32.2. The van der Waals surface area contributed by atoms with E-state index in [0.29, 0.717) is 11.1 Å². The number of aliphatic hydroxyl groups is 1. The molecule has 0 radical (unpaired) electrons. The van der Waals surface area contributed by atoms with E-state index in [9.17, 15) is 17.9 Å². The molecule has 0 heterocycles. The fraction of sp³-hybridized carbons (Fsp3) is 0.200. The number of rotatable bonds is 6. The van der Waals surface area contributed by atoms with Gasteiger partial charge in [-0.05, 0) is 23.3 Å². The number of aliphatic hydroxyl groups excluding tert-OH is 1. The molecule has 21 heavy (non-hydrogen) atoms. The zero-order valence-electron chi connectivity index (χ0n) is 11.2. The Kier molecular flexibility index (Phi) is 5.06. The summed E-state index contributed by atoms with van der Waals surface area (Å²) in [5, 5.41) is 9.88. The maximum atomic E-state index is 13.0. The lowest BCUT2D eigenvalue weighted by molar-refractivity contribution is 0.181. The standard InChI is InChI=1S/C15H16FNO3S/c16-14-8-4-7-13(9-14)15(18)10-17-21(19,20)11-12-5-2-1-3-6-12/h1-9,15,17-18H,10-11H2. The third kappa shape index (κ3) is 4.93. The predicted octanol–water partition coefficient (Wildman–Crippen LogP) is 1.98. The van der Waals surface area contributed by atoms with Gasteiger partial charge in [-0.3, -0.25) is 0 Å². The molecule has 0 bridgehead atoms. The summed E-state index contributed by atoms with van der Waals surface area (Å²) in [4.78, 5) is 0. The van der Waals surface area contributed by atoms with Crippen molar-refractivity contribution in [2.24, 2.45) is 0 Å². The number of sulfonamides is 1. The average molecular weight is 309 g/mol. The van der Waals surface area contributed by atoms with E-state index in [-0.39, 0.29) is 12.3 Å². The normalized spacial score (nSPS) is 13.0.